The van der Waals surface area contributed by atoms with Crippen LogP contribution < -0.4 is 0 Å². The smallest absolute Gasteiger partial charge is 0.311 e. The highest BCUT2D eigenvalue weighted by molar-refractivity contribution is 5.68. The van der Waals surface area contributed by atoms with Crippen molar-refractivity contribution in [1.82, 2.24) is 24.7 Å². The molecule has 2 aromatic rings. The second kappa shape index (κ2) is 4.05. The number of nitrogens with zero attached hydrogens (tertiary/aromatic N) is 5. The minimum absolute atomic E-state index is 0.186. The van der Waals surface area contributed by atoms with Crippen molar-refractivity contribution in [2.75, 3.05) is 0 Å². The maximum absolute atomic E-state index is 10.4. The number of imidazole rings is 1. The molecule has 82 valence electrons. The lowest BCUT2D eigenvalue weighted by Crippen LogP contribution is -2.07. The minimum atomic E-state index is -0.980. The molecule has 0 bridgehead atoms. The van der Waals surface area contributed by atoms with Crippen LogP contribution in [0.25, 0.3) is 11.5 Å². The van der Waals surface area contributed by atoms with E-state index in [0.29, 0.717) is 11.5 Å². The van der Waals surface area contributed by atoms with Crippen molar-refractivity contribution in [3.63, 3.8) is 0 Å². The van der Waals surface area contributed by atoms with Gasteiger partial charge in [0.1, 0.15) is 12.1 Å². The van der Waals surface area contributed by atoms with Crippen LogP contribution in [0.5, 0.6) is 0 Å². The van der Waals surface area contributed by atoms with Crippen molar-refractivity contribution >= 4 is 5.97 Å². The van der Waals surface area contributed by atoms with E-state index in [2.05, 4.69) is 20.2 Å². The molecule has 1 N–H and O–H groups in total. The Bertz CT molecular complexity index is 505. The lowest BCUT2D eigenvalue weighted by molar-refractivity contribution is -0.136. The van der Waals surface area contributed by atoms with Gasteiger partial charge in [-0.3, -0.25) is 4.79 Å². The van der Waals surface area contributed by atoms with E-state index >= 15 is 0 Å². The van der Waals surface area contributed by atoms with Gasteiger partial charge in [0.25, 0.3) is 0 Å². The lowest BCUT2D eigenvalue weighted by Gasteiger charge is -1.99. The third kappa shape index (κ3) is 2.02. The molecular formula is C9H9N5O2. The first-order chi connectivity index (χ1) is 7.66. The van der Waals surface area contributed by atoms with E-state index in [1.54, 1.807) is 17.0 Å². The molecule has 2 heterocycles. The predicted octanol–water partition coefficient (Wildman–Crippen LogP) is -0.101. The molecule has 0 unspecified atom stereocenters. The number of hydrogen-bond donors (Lipinski definition) is 1. The van der Waals surface area contributed by atoms with Crippen LogP contribution in [0.4, 0.5) is 0 Å². The monoisotopic (exact) mass is 219 g/mol. The van der Waals surface area contributed by atoms with Gasteiger partial charge in [-0.2, -0.15) is 0 Å². The molecule has 0 aliphatic rings. The third-order valence-electron chi connectivity index (χ3n) is 1.97. The molecular weight excluding hydrogens is 210 g/mol. The van der Waals surface area contributed by atoms with E-state index in [-0.39, 0.29) is 12.2 Å². The molecule has 0 fully saturated rings. The molecule has 0 saturated carbocycles. The first-order valence-electron chi connectivity index (χ1n) is 4.55. The number of carboxylic acid groups (broad SMARTS) is 1. The molecule has 16 heavy (non-hydrogen) atoms. The predicted molar refractivity (Wildman–Crippen MR) is 53.4 cm³/mol. The Kier molecular flexibility index (Phi) is 2.59. The first kappa shape index (κ1) is 10.2. The van der Waals surface area contributed by atoms with Gasteiger partial charge in [0.2, 0.25) is 0 Å². The highest BCUT2D eigenvalue weighted by Crippen LogP contribution is 2.10. The quantitative estimate of drug-likeness (QED) is 0.774. The fourth-order valence-corrected chi connectivity index (χ4v) is 1.23. The number of hydrogen-bond acceptors (Lipinski definition) is 5. The Morgan fingerprint density at radius 3 is 2.75 bits per heavy atom. The van der Waals surface area contributed by atoms with Crippen LogP contribution in [0.3, 0.4) is 0 Å². The summed E-state index contributed by atoms with van der Waals surface area (Å²) in [4.78, 5) is 18.4. The van der Waals surface area contributed by atoms with E-state index in [9.17, 15) is 4.79 Å². The number of carbonyl (C=O) groups is 1. The summed E-state index contributed by atoms with van der Waals surface area (Å²) in [7, 11) is 1.83. The Morgan fingerprint density at radius 2 is 2.25 bits per heavy atom. The SMILES string of the molecule is Cn1ccnc1-c1cnc(CC(=O)O)nn1. The first-order valence-corrected chi connectivity index (χ1v) is 4.55. The van der Waals surface area contributed by atoms with Gasteiger partial charge in [-0.05, 0) is 0 Å². The van der Waals surface area contributed by atoms with Crippen molar-refractivity contribution in [3.8, 4) is 11.5 Å². The van der Waals surface area contributed by atoms with Gasteiger partial charge in [0, 0.05) is 19.4 Å². The van der Waals surface area contributed by atoms with E-state index < -0.39 is 5.97 Å². The summed E-state index contributed by atoms with van der Waals surface area (Å²) in [5, 5.41) is 16.1. The van der Waals surface area contributed by atoms with Crippen molar-refractivity contribution in [1.29, 1.82) is 0 Å². The van der Waals surface area contributed by atoms with Crippen molar-refractivity contribution < 1.29 is 9.90 Å². The highest BCUT2D eigenvalue weighted by Gasteiger charge is 2.08. The maximum Gasteiger partial charge on any atom is 0.311 e. The molecule has 0 aliphatic carbocycles. The summed E-state index contributed by atoms with van der Waals surface area (Å²) in [5.41, 5.74) is 0.515. The number of aryl methyl sites for hydroxylation is 1. The average Bonchev–Trinajstić information content (AvgIpc) is 2.65. The summed E-state index contributed by atoms with van der Waals surface area (Å²) in [6, 6.07) is 0. The van der Waals surface area contributed by atoms with Crippen LogP contribution in [-0.4, -0.2) is 35.8 Å². The lowest BCUT2D eigenvalue weighted by atomic mass is 10.4. The number of aliphatic carboxylic acids is 1. The van der Waals surface area contributed by atoms with Crippen LogP contribution in [0.1, 0.15) is 5.82 Å². The van der Waals surface area contributed by atoms with Crippen LogP contribution in [0.15, 0.2) is 18.6 Å². The highest BCUT2D eigenvalue weighted by atomic mass is 16.4. The summed E-state index contributed by atoms with van der Waals surface area (Å²) in [5.74, 6) is -0.154. The fraction of sp³-hybridized carbons (Fsp3) is 0.222. The Labute approximate surface area is 90.8 Å². The molecule has 0 radical (unpaired) electrons. The fourth-order valence-electron chi connectivity index (χ4n) is 1.23. The van der Waals surface area contributed by atoms with Crippen LogP contribution in [-0.2, 0) is 18.3 Å². The molecule has 7 nitrogen and oxygen atoms in total. The van der Waals surface area contributed by atoms with Gasteiger partial charge in [-0.1, -0.05) is 0 Å². The molecule has 0 aromatic carbocycles. The summed E-state index contributed by atoms with van der Waals surface area (Å²) in [6.45, 7) is 0. The van der Waals surface area contributed by atoms with Crippen LogP contribution >= 0.6 is 0 Å². The second-order valence-electron chi connectivity index (χ2n) is 3.19. The van der Waals surface area contributed by atoms with E-state index in [0.717, 1.165) is 0 Å². The molecule has 2 aromatic heterocycles. The Hall–Kier alpha value is -2.31. The molecule has 0 saturated heterocycles. The zero-order chi connectivity index (χ0) is 11.5. The van der Waals surface area contributed by atoms with E-state index in [1.807, 2.05) is 7.05 Å². The Morgan fingerprint density at radius 1 is 1.44 bits per heavy atom. The third-order valence-corrected chi connectivity index (χ3v) is 1.97. The largest absolute Gasteiger partial charge is 0.481 e. The molecule has 0 spiro atoms. The number of rotatable bonds is 3. The topological polar surface area (TPSA) is 93.8 Å². The van der Waals surface area contributed by atoms with Crippen molar-refractivity contribution in [3.05, 3.63) is 24.4 Å². The molecule has 0 amide bonds. The number of carboxylic acids is 1. The molecule has 0 atom stereocenters. The normalized spacial score (nSPS) is 10.3. The standard InChI is InChI=1S/C9H9N5O2/c1-14-3-2-10-9(14)6-5-11-7(13-12-6)4-8(15)16/h2-3,5H,4H2,1H3,(H,15,16). The summed E-state index contributed by atoms with van der Waals surface area (Å²) in [6.07, 6.45) is 4.66. The molecule has 0 aliphatic heterocycles. The zero-order valence-corrected chi connectivity index (χ0v) is 8.53. The zero-order valence-electron chi connectivity index (χ0n) is 8.53. The van der Waals surface area contributed by atoms with Gasteiger partial charge in [-0.15, -0.1) is 10.2 Å². The molecule has 7 heteroatoms. The second-order valence-corrected chi connectivity index (χ2v) is 3.19. The molecule has 2 rings (SSSR count). The summed E-state index contributed by atoms with van der Waals surface area (Å²) >= 11 is 0. The summed E-state index contributed by atoms with van der Waals surface area (Å²) < 4.78 is 1.78. The Balaban J connectivity index is 2.26. The van der Waals surface area contributed by atoms with Crippen molar-refractivity contribution in [2.45, 2.75) is 6.42 Å². The maximum atomic E-state index is 10.4. The van der Waals surface area contributed by atoms with Crippen LogP contribution in [0, 0.1) is 0 Å². The average molecular weight is 219 g/mol. The van der Waals surface area contributed by atoms with E-state index in [1.165, 1.54) is 6.20 Å². The van der Waals surface area contributed by atoms with Gasteiger partial charge in [0.15, 0.2) is 11.6 Å². The van der Waals surface area contributed by atoms with Crippen LogP contribution in [0.2, 0.25) is 0 Å². The van der Waals surface area contributed by atoms with E-state index in [4.69, 9.17) is 5.11 Å². The van der Waals surface area contributed by atoms with Gasteiger partial charge < -0.3 is 9.67 Å². The number of aromatic nitrogens is 5. The van der Waals surface area contributed by atoms with Gasteiger partial charge >= 0.3 is 5.97 Å². The van der Waals surface area contributed by atoms with Gasteiger partial charge in [0.05, 0.1) is 6.20 Å². The van der Waals surface area contributed by atoms with Crippen molar-refractivity contribution in [2.24, 2.45) is 7.05 Å². The van der Waals surface area contributed by atoms with Gasteiger partial charge in [-0.25, -0.2) is 9.97 Å². The minimum Gasteiger partial charge on any atom is -0.481 e.